The molecule has 2 aromatic rings. The first-order valence-corrected chi connectivity index (χ1v) is 5.79. The minimum absolute atomic E-state index is 0.316. The van der Waals surface area contributed by atoms with Crippen molar-refractivity contribution in [2.45, 2.75) is 13.5 Å². The van der Waals surface area contributed by atoms with Crippen LogP contribution in [0.1, 0.15) is 11.1 Å². The summed E-state index contributed by atoms with van der Waals surface area (Å²) in [5.74, 6) is 1.16. The van der Waals surface area contributed by atoms with Gasteiger partial charge in [0.25, 0.3) is 0 Å². The lowest BCUT2D eigenvalue weighted by Crippen LogP contribution is -2.09. The van der Waals surface area contributed by atoms with Gasteiger partial charge in [0.1, 0.15) is 17.1 Å². The minimum Gasteiger partial charge on any atom is -0.496 e. The molecule has 0 aliphatic heterocycles. The third-order valence-corrected chi connectivity index (χ3v) is 3.05. The lowest BCUT2D eigenvalue weighted by atomic mass is 10.0. The van der Waals surface area contributed by atoms with Gasteiger partial charge in [0.15, 0.2) is 0 Å². The molecule has 0 aliphatic rings. The quantitative estimate of drug-likeness (QED) is 0.793. The van der Waals surface area contributed by atoms with E-state index in [1.54, 1.807) is 40.4 Å². The Balaban J connectivity index is 2.89. The van der Waals surface area contributed by atoms with Gasteiger partial charge in [0, 0.05) is 30.4 Å². The van der Waals surface area contributed by atoms with Crippen molar-refractivity contribution < 1.29 is 18.6 Å². The molecule has 0 atom stereocenters. The van der Waals surface area contributed by atoms with Crippen molar-refractivity contribution in [3.63, 3.8) is 0 Å². The number of fused-ring (bicyclic) bond motifs is 1. The second-order valence-electron chi connectivity index (χ2n) is 4.13. The molecule has 0 saturated heterocycles. The molecule has 1 aromatic heterocycles. The number of hydrogen-bond donors (Lipinski definition) is 0. The van der Waals surface area contributed by atoms with Crippen molar-refractivity contribution in [3.05, 3.63) is 33.7 Å². The second-order valence-corrected chi connectivity index (χ2v) is 4.13. The molecule has 0 amide bonds. The largest absolute Gasteiger partial charge is 0.496 e. The van der Waals surface area contributed by atoms with Crippen molar-refractivity contribution in [2.24, 2.45) is 0 Å². The highest BCUT2D eigenvalue weighted by molar-refractivity contribution is 5.89. The summed E-state index contributed by atoms with van der Waals surface area (Å²) >= 11 is 0. The normalized spacial score (nSPS) is 10.7. The maximum absolute atomic E-state index is 11.8. The predicted octanol–water partition coefficient (Wildman–Crippen LogP) is 2.27. The molecular weight excluding hydrogens is 248 g/mol. The molecule has 102 valence electrons. The summed E-state index contributed by atoms with van der Waals surface area (Å²) in [6, 6.07) is 3.42. The highest BCUT2D eigenvalue weighted by Gasteiger charge is 2.16. The zero-order valence-electron chi connectivity index (χ0n) is 11.4. The van der Waals surface area contributed by atoms with Crippen LogP contribution in [-0.4, -0.2) is 21.3 Å². The molecule has 0 spiro atoms. The van der Waals surface area contributed by atoms with E-state index in [0.717, 1.165) is 10.9 Å². The van der Waals surface area contributed by atoms with E-state index in [9.17, 15) is 4.79 Å². The maximum Gasteiger partial charge on any atom is 0.339 e. The van der Waals surface area contributed by atoms with Gasteiger partial charge in [0.2, 0.25) is 0 Å². The van der Waals surface area contributed by atoms with Gasteiger partial charge in [-0.05, 0) is 6.92 Å². The molecule has 0 aliphatic carbocycles. The standard InChI is InChI=1S/C14H16O5/c1-8-10(7-16-2)13-11(18-4)5-9(17-3)6-12(13)19-14(8)15/h5-6H,7H2,1-4H3. The van der Waals surface area contributed by atoms with E-state index in [4.69, 9.17) is 18.6 Å². The lowest BCUT2D eigenvalue weighted by Gasteiger charge is -2.13. The average Bonchev–Trinajstić information content (AvgIpc) is 2.42. The van der Waals surface area contributed by atoms with E-state index in [1.807, 2.05) is 0 Å². The first-order valence-electron chi connectivity index (χ1n) is 5.79. The summed E-state index contributed by atoms with van der Waals surface area (Å²) in [4.78, 5) is 11.8. The van der Waals surface area contributed by atoms with Gasteiger partial charge in [-0.15, -0.1) is 0 Å². The van der Waals surface area contributed by atoms with Gasteiger partial charge in [-0.2, -0.15) is 0 Å². The van der Waals surface area contributed by atoms with Gasteiger partial charge in [0.05, 0.1) is 26.2 Å². The summed E-state index contributed by atoms with van der Waals surface area (Å²) < 4.78 is 21.0. The van der Waals surface area contributed by atoms with Crippen LogP contribution in [-0.2, 0) is 11.3 Å². The molecule has 0 fully saturated rings. The van der Waals surface area contributed by atoms with Crippen LogP contribution in [0.3, 0.4) is 0 Å². The topological polar surface area (TPSA) is 57.9 Å². The number of ether oxygens (including phenoxy) is 3. The maximum atomic E-state index is 11.8. The summed E-state index contributed by atoms with van der Waals surface area (Å²) in [5, 5.41) is 0.738. The van der Waals surface area contributed by atoms with Crippen LogP contribution in [0.2, 0.25) is 0 Å². The van der Waals surface area contributed by atoms with Crippen LogP contribution in [0.25, 0.3) is 11.0 Å². The summed E-state index contributed by atoms with van der Waals surface area (Å²) in [6.07, 6.45) is 0. The van der Waals surface area contributed by atoms with Crippen molar-refractivity contribution in [3.8, 4) is 11.5 Å². The van der Waals surface area contributed by atoms with Crippen LogP contribution in [0.5, 0.6) is 11.5 Å². The zero-order valence-corrected chi connectivity index (χ0v) is 11.4. The van der Waals surface area contributed by atoms with E-state index in [-0.39, 0.29) is 5.63 Å². The third-order valence-electron chi connectivity index (χ3n) is 3.05. The Labute approximate surface area is 110 Å². The second kappa shape index (κ2) is 5.32. The van der Waals surface area contributed by atoms with Gasteiger partial charge in [-0.1, -0.05) is 0 Å². The Morgan fingerprint density at radius 3 is 2.47 bits per heavy atom. The van der Waals surface area contributed by atoms with Crippen molar-refractivity contribution >= 4 is 11.0 Å². The molecule has 1 heterocycles. The van der Waals surface area contributed by atoms with Gasteiger partial charge < -0.3 is 18.6 Å². The molecule has 1 aromatic carbocycles. The molecule has 0 saturated carbocycles. The monoisotopic (exact) mass is 264 g/mol. The zero-order chi connectivity index (χ0) is 14.0. The fourth-order valence-electron chi connectivity index (χ4n) is 2.03. The lowest BCUT2D eigenvalue weighted by molar-refractivity contribution is 0.184. The van der Waals surface area contributed by atoms with E-state index in [1.165, 1.54) is 0 Å². The number of hydrogen-bond acceptors (Lipinski definition) is 5. The number of methoxy groups -OCH3 is 3. The summed E-state index contributed by atoms with van der Waals surface area (Å²) in [7, 11) is 4.68. The predicted molar refractivity (Wildman–Crippen MR) is 71.0 cm³/mol. The molecule has 2 rings (SSSR count). The van der Waals surface area contributed by atoms with E-state index >= 15 is 0 Å². The molecule has 5 nitrogen and oxygen atoms in total. The SMILES string of the molecule is COCc1c(C)c(=O)oc2cc(OC)cc(OC)c12. The first kappa shape index (κ1) is 13.4. The van der Waals surface area contributed by atoms with E-state index in [2.05, 4.69) is 0 Å². The third kappa shape index (κ3) is 2.29. The fourth-order valence-corrected chi connectivity index (χ4v) is 2.03. The summed E-state index contributed by atoms with van der Waals surface area (Å²) in [6.45, 7) is 2.03. The Bertz CT molecular complexity index is 657. The molecule has 19 heavy (non-hydrogen) atoms. The van der Waals surface area contributed by atoms with Crippen molar-refractivity contribution in [2.75, 3.05) is 21.3 Å². The highest BCUT2D eigenvalue weighted by atomic mass is 16.5. The number of benzene rings is 1. The van der Waals surface area contributed by atoms with Crippen LogP contribution in [0, 0.1) is 6.92 Å². The Morgan fingerprint density at radius 2 is 1.89 bits per heavy atom. The van der Waals surface area contributed by atoms with Gasteiger partial charge in [-0.25, -0.2) is 4.79 Å². The average molecular weight is 264 g/mol. The Kier molecular flexibility index (Phi) is 3.76. The van der Waals surface area contributed by atoms with Gasteiger partial charge >= 0.3 is 5.63 Å². The van der Waals surface area contributed by atoms with Crippen LogP contribution >= 0.6 is 0 Å². The Hall–Kier alpha value is -2.01. The van der Waals surface area contributed by atoms with Crippen LogP contribution < -0.4 is 15.1 Å². The molecule has 5 heteroatoms. The van der Waals surface area contributed by atoms with E-state index in [0.29, 0.717) is 29.3 Å². The number of rotatable bonds is 4. The molecule has 0 radical (unpaired) electrons. The Morgan fingerprint density at radius 1 is 1.16 bits per heavy atom. The highest BCUT2D eigenvalue weighted by Crippen LogP contribution is 2.34. The first-order chi connectivity index (χ1) is 9.12. The van der Waals surface area contributed by atoms with Crippen molar-refractivity contribution in [1.29, 1.82) is 0 Å². The van der Waals surface area contributed by atoms with Crippen molar-refractivity contribution in [1.82, 2.24) is 0 Å². The van der Waals surface area contributed by atoms with E-state index < -0.39 is 0 Å². The molecule has 0 unspecified atom stereocenters. The molecule has 0 N–H and O–H groups in total. The summed E-state index contributed by atoms with van der Waals surface area (Å²) in [5.41, 5.74) is 1.35. The van der Waals surface area contributed by atoms with Crippen LogP contribution in [0.4, 0.5) is 0 Å². The molecular formula is C14H16O5. The fraction of sp³-hybridized carbons (Fsp3) is 0.357. The molecule has 0 bridgehead atoms. The minimum atomic E-state index is -0.380. The van der Waals surface area contributed by atoms with Gasteiger partial charge in [-0.3, -0.25) is 0 Å². The van der Waals surface area contributed by atoms with Crippen LogP contribution in [0.15, 0.2) is 21.3 Å². The smallest absolute Gasteiger partial charge is 0.339 e.